The van der Waals surface area contributed by atoms with E-state index >= 15 is 0 Å². The molecule has 4 rings (SSSR count). The van der Waals surface area contributed by atoms with Crippen LogP contribution in [0.25, 0.3) is 0 Å². The number of benzene rings is 1. The molecule has 0 aliphatic carbocycles. The monoisotopic (exact) mass is 361 g/mol. The Morgan fingerprint density at radius 3 is 2.78 bits per heavy atom. The molecule has 1 aliphatic rings. The van der Waals surface area contributed by atoms with Crippen LogP contribution in [0.5, 0.6) is 0 Å². The molecule has 0 radical (unpaired) electrons. The van der Waals surface area contributed by atoms with Gasteiger partial charge in [-0.2, -0.15) is 0 Å². The molecule has 0 bridgehead atoms. The van der Waals surface area contributed by atoms with Gasteiger partial charge in [-0.25, -0.2) is 4.39 Å². The van der Waals surface area contributed by atoms with E-state index in [9.17, 15) is 4.39 Å². The Morgan fingerprint density at radius 1 is 1.04 bits per heavy atom. The molecular formula is C23H24FN3. The molecule has 2 aromatic heterocycles. The van der Waals surface area contributed by atoms with Gasteiger partial charge in [0, 0.05) is 49.2 Å². The van der Waals surface area contributed by atoms with E-state index in [2.05, 4.69) is 28.1 Å². The van der Waals surface area contributed by atoms with E-state index in [0.29, 0.717) is 12.3 Å². The summed E-state index contributed by atoms with van der Waals surface area (Å²) >= 11 is 0. The van der Waals surface area contributed by atoms with E-state index < -0.39 is 0 Å². The molecule has 0 spiro atoms. The van der Waals surface area contributed by atoms with Crippen molar-refractivity contribution >= 4 is 0 Å². The van der Waals surface area contributed by atoms with Crippen LogP contribution in [0.4, 0.5) is 4.39 Å². The second-order valence-corrected chi connectivity index (χ2v) is 7.30. The summed E-state index contributed by atoms with van der Waals surface area (Å²) in [4.78, 5) is 11.6. The number of pyridine rings is 2. The number of rotatable bonds is 5. The highest BCUT2D eigenvalue weighted by molar-refractivity contribution is 5.24. The van der Waals surface area contributed by atoms with E-state index in [-0.39, 0.29) is 5.82 Å². The lowest BCUT2D eigenvalue weighted by atomic mass is 9.93. The molecule has 138 valence electrons. The van der Waals surface area contributed by atoms with Crippen LogP contribution in [0.1, 0.15) is 41.3 Å². The predicted octanol–water partition coefficient (Wildman–Crippen LogP) is 4.59. The Labute approximate surface area is 159 Å². The lowest BCUT2D eigenvalue weighted by molar-refractivity contribution is 0.198. The van der Waals surface area contributed by atoms with Gasteiger partial charge < -0.3 is 0 Å². The van der Waals surface area contributed by atoms with Crippen LogP contribution in [0, 0.1) is 5.82 Å². The molecule has 0 N–H and O–H groups in total. The molecule has 3 aromatic rings. The van der Waals surface area contributed by atoms with Crippen molar-refractivity contribution < 1.29 is 4.39 Å². The fourth-order valence-corrected chi connectivity index (χ4v) is 3.87. The van der Waals surface area contributed by atoms with Crippen molar-refractivity contribution in [1.29, 1.82) is 0 Å². The van der Waals surface area contributed by atoms with Gasteiger partial charge in [0.25, 0.3) is 0 Å². The normalized spacial score (nSPS) is 17.7. The number of halogens is 1. The summed E-state index contributed by atoms with van der Waals surface area (Å²) in [5.74, 6) is 0.254. The van der Waals surface area contributed by atoms with Crippen molar-refractivity contribution in [2.24, 2.45) is 0 Å². The van der Waals surface area contributed by atoms with Crippen LogP contribution >= 0.6 is 0 Å². The number of likely N-dealkylation sites (tertiary alicyclic amines) is 1. The zero-order valence-electron chi connectivity index (χ0n) is 15.4. The van der Waals surface area contributed by atoms with E-state index in [1.165, 1.54) is 24.5 Å². The Hall–Kier alpha value is -2.59. The van der Waals surface area contributed by atoms with E-state index in [1.54, 1.807) is 12.1 Å². The quantitative estimate of drug-likeness (QED) is 0.666. The molecule has 27 heavy (non-hydrogen) atoms. The molecule has 1 aromatic carbocycles. The average molecular weight is 361 g/mol. The minimum Gasteiger partial charge on any atom is -0.298 e. The topological polar surface area (TPSA) is 29.0 Å². The minimum absolute atomic E-state index is 0.193. The third-order valence-corrected chi connectivity index (χ3v) is 5.16. The van der Waals surface area contributed by atoms with Crippen LogP contribution in [0.15, 0.2) is 67.0 Å². The van der Waals surface area contributed by atoms with Crippen molar-refractivity contribution in [3.05, 3.63) is 95.3 Å². The van der Waals surface area contributed by atoms with Crippen molar-refractivity contribution in [3.63, 3.8) is 0 Å². The maximum absolute atomic E-state index is 13.4. The largest absolute Gasteiger partial charge is 0.298 e. The first kappa shape index (κ1) is 17.8. The fraction of sp³-hybridized carbons (Fsp3) is 0.304. The molecule has 3 nitrogen and oxygen atoms in total. The second-order valence-electron chi connectivity index (χ2n) is 7.30. The first-order valence-corrected chi connectivity index (χ1v) is 9.58. The van der Waals surface area contributed by atoms with Gasteiger partial charge in [0.05, 0.1) is 0 Å². The lowest BCUT2D eigenvalue weighted by Crippen LogP contribution is -2.34. The predicted molar refractivity (Wildman–Crippen MR) is 105 cm³/mol. The fourth-order valence-electron chi connectivity index (χ4n) is 3.87. The maximum Gasteiger partial charge on any atom is 0.123 e. The smallest absolute Gasteiger partial charge is 0.123 e. The Morgan fingerprint density at radius 2 is 1.93 bits per heavy atom. The molecule has 1 fully saturated rings. The van der Waals surface area contributed by atoms with Crippen LogP contribution in [0.2, 0.25) is 0 Å². The van der Waals surface area contributed by atoms with Crippen LogP contribution in [-0.4, -0.2) is 28.0 Å². The highest BCUT2D eigenvalue weighted by Crippen LogP contribution is 2.27. The average Bonchev–Trinajstić information content (AvgIpc) is 2.69. The first-order valence-electron chi connectivity index (χ1n) is 9.58. The summed E-state index contributed by atoms with van der Waals surface area (Å²) in [6.07, 6.45) is 6.77. The number of nitrogens with zero attached hydrogens (tertiary/aromatic N) is 3. The number of aromatic nitrogens is 2. The molecule has 3 heterocycles. The molecular weight excluding hydrogens is 337 g/mol. The lowest BCUT2D eigenvalue weighted by Gasteiger charge is -2.32. The van der Waals surface area contributed by atoms with Crippen LogP contribution in [0.3, 0.4) is 0 Å². The summed E-state index contributed by atoms with van der Waals surface area (Å²) in [6.45, 7) is 3.08. The maximum atomic E-state index is 13.4. The zero-order valence-corrected chi connectivity index (χ0v) is 15.4. The van der Waals surface area contributed by atoms with Gasteiger partial charge in [-0.3, -0.25) is 14.9 Å². The SMILES string of the molecule is Fc1cccc(Cc2cccc([C@@H]3CCCN(Cc4cccnc4)C3)n2)c1. The van der Waals surface area contributed by atoms with Gasteiger partial charge in [-0.05, 0) is 60.8 Å². The summed E-state index contributed by atoms with van der Waals surface area (Å²) in [5, 5.41) is 0. The van der Waals surface area contributed by atoms with E-state index in [4.69, 9.17) is 4.98 Å². The second kappa shape index (κ2) is 8.40. The summed E-state index contributed by atoms with van der Waals surface area (Å²) < 4.78 is 13.4. The highest BCUT2D eigenvalue weighted by Gasteiger charge is 2.22. The van der Waals surface area contributed by atoms with Crippen molar-refractivity contribution in [2.45, 2.75) is 31.7 Å². The molecule has 0 saturated carbocycles. The number of hydrogen-bond acceptors (Lipinski definition) is 3. The van der Waals surface area contributed by atoms with Crippen LogP contribution < -0.4 is 0 Å². The van der Waals surface area contributed by atoms with Gasteiger partial charge >= 0.3 is 0 Å². The minimum atomic E-state index is -0.193. The van der Waals surface area contributed by atoms with Crippen LogP contribution in [-0.2, 0) is 13.0 Å². The Balaban J connectivity index is 1.44. The van der Waals surface area contributed by atoms with Gasteiger partial charge in [-0.1, -0.05) is 24.3 Å². The summed E-state index contributed by atoms with van der Waals surface area (Å²) in [5.41, 5.74) is 4.37. The molecule has 1 saturated heterocycles. The number of hydrogen-bond donors (Lipinski definition) is 0. The zero-order chi connectivity index (χ0) is 18.5. The van der Waals surface area contributed by atoms with Gasteiger partial charge in [0.2, 0.25) is 0 Å². The summed E-state index contributed by atoms with van der Waals surface area (Å²) in [6, 6.07) is 17.1. The van der Waals surface area contributed by atoms with Gasteiger partial charge in [0.15, 0.2) is 0 Å². The van der Waals surface area contributed by atoms with Crippen molar-refractivity contribution in [3.8, 4) is 0 Å². The highest BCUT2D eigenvalue weighted by atomic mass is 19.1. The third kappa shape index (κ3) is 4.77. The number of piperidine rings is 1. The van der Waals surface area contributed by atoms with E-state index in [0.717, 1.165) is 36.6 Å². The van der Waals surface area contributed by atoms with Gasteiger partial charge in [0.1, 0.15) is 5.82 Å². The molecule has 1 aliphatic heterocycles. The standard InChI is InChI=1S/C23H24FN3/c24-21-8-1-5-18(13-21)14-22-9-2-10-23(26-22)20-7-4-12-27(17-20)16-19-6-3-11-25-15-19/h1-3,5-6,8-11,13,15,20H,4,7,12,14,16-17H2/t20-/m1/s1. The molecule has 0 amide bonds. The molecule has 0 unspecified atom stereocenters. The van der Waals surface area contributed by atoms with Crippen molar-refractivity contribution in [2.75, 3.05) is 13.1 Å². The Kier molecular flexibility index (Phi) is 5.54. The van der Waals surface area contributed by atoms with Gasteiger partial charge in [-0.15, -0.1) is 0 Å². The molecule has 4 heteroatoms. The first-order chi connectivity index (χ1) is 13.3. The molecule has 1 atom stereocenters. The third-order valence-electron chi connectivity index (χ3n) is 5.16. The Bertz CT molecular complexity index is 882. The summed E-state index contributed by atoms with van der Waals surface area (Å²) in [7, 11) is 0. The van der Waals surface area contributed by atoms with Crippen molar-refractivity contribution in [1.82, 2.24) is 14.9 Å². The van der Waals surface area contributed by atoms with E-state index in [1.807, 2.05) is 30.6 Å².